The van der Waals surface area contributed by atoms with E-state index in [0.717, 1.165) is 44.5 Å². The quantitative estimate of drug-likeness (QED) is 0.909. The summed E-state index contributed by atoms with van der Waals surface area (Å²) in [6.45, 7) is 3.59. The van der Waals surface area contributed by atoms with Crippen molar-refractivity contribution in [3.05, 3.63) is 28.8 Å². The van der Waals surface area contributed by atoms with Gasteiger partial charge in [0.15, 0.2) is 0 Å². The van der Waals surface area contributed by atoms with Gasteiger partial charge in [-0.15, -0.1) is 0 Å². The van der Waals surface area contributed by atoms with E-state index in [-0.39, 0.29) is 11.3 Å². The molecule has 0 aromatic heterocycles. The molecule has 1 N–H and O–H groups in total. The molecule has 0 radical (unpaired) electrons. The molecule has 1 aromatic carbocycles. The third-order valence-electron chi connectivity index (χ3n) is 6.39. The van der Waals surface area contributed by atoms with Crippen LogP contribution in [0.1, 0.15) is 36.0 Å². The van der Waals surface area contributed by atoms with Crippen molar-refractivity contribution in [3.63, 3.8) is 0 Å². The highest BCUT2D eigenvalue weighted by Crippen LogP contribution is 2.45. The summed E-state index contributed by atoms with van der Waals surface area (Å²) >= 11 is 0. The SMILES string of the molecule is COc1cc2c(cc1CN1CC(C(=O)O)C3(CCOCC3)C1)CCC2. The molecule has 2 aliphatic heterocycles. The summed E-state index contributed by atoms with van der Waals surface area (Å²) in [5.74, 6) is -0.0115. The van der Waals surface area contributed by atoms with Crippen molar-refractivity contribution < 1.29 is 19.4 Å². The Labute approximate surface area is 148 Å². The summed E-state index contributed by atoms with van der Waals surface area (Å²) in [6, 6.07) is 4.47. The van der Waals surface area contributed by atoms with Gasteiger partial charge in [0.1, 0.15) is 5.75 Å². The maximum Gasteiger partial charge on any atom is 0.308 e. The molecule has 2 fully saturated rings. The molecule has 0 saturated carbocycles. The number of fused-ring (bicyclic) bond motifs is 1. The Kier molecular flexibility index (Phi) is 4.46. The number of hydrogen-bond donors (Lipinski definition) is 1. The smallest absolute Gasteiger partial charge is 0.308 e. The number of hydrogen-bond acceptors (Lipinski definition) is 4. The molecule has 0 bridgehead atoms. The van der Waals surface area contributed by atoms with Crippen LogP contribution in [0.25, 0.3) is 0 Å². The van der Waals surface area contributed by atoms with E-state index >= 15 is 0 Å². The lowest BCUT2D eigenvalue weighted by atomic mass is 9.72. The molecule has 5 nitrogen and oxygen atoms in total. The lowest BCUT2D eigenvalue weighted by molar-refractivity contribution is -0.146. The molecule has 1 spiro atoms. The average Bonchev–Trinajstić information content (AvgIpc) is 3.19. The van der Waals surface area contributed by atoms with Crippen LogP contribution in [0.4, 0.5) is 0 Å². The van der Waals surface area contributed by atoms with E-state index in [4.69, 9.17) is 9.47 Å². The van der Waals surface area contributed by atoms with Gasteiger partial charge in [-0.25, -0.2) is 0 Å². The topological polar surface area (TPSA) is 59.0 Å². The number of carboxylic acids is 1. The molecule has 2 saturated heterocycles. The third-order valence-corrected chi connectivity index (χ3v) is 6.39. The second-order valence-electron chi connectivity index (χ2n) is 7.82. The van der Waals surface area contributed by atoms with E-state index in [2.05, 4.69) is 17.0 Å². The number of aryl methyl sites for hydroxylation is 2. The number of carbonyl (C=O) groups is 1. The van der Waals surface area contributed by atoms with Crippen LogP contribution >= 0.6 is 0 Å². The zero-order valence-electron chi connectivity index (χ0n) is 14.9. The number of ether oxygens (including phenoxy) is 2. The van der Waals surface area contributed by atoms with E-state index in [9.17, 15) is 9.90 Å². The minimum atomic E-state index is -0.662. The third kappa shape index (κ3) is 3.04. The fourth-order valence-corrected chi connectivity index (χ4v) is 5.02. The summed E-state index contributed by atoms with van der Waals surface area (Å²) < 4.78 is 11.1. The monoisotopic (exact) mass is 345 g/mol. The zero-order chi connectivity index (χ0) is 17.4. The summed E-state index contributed by atoms with van der Waals surface area (Å²) in [6.07, 6.45) is 5.20. The largest absolute Gasteiger partial charge is 0.496 e. The molecule has 1 unspecified atom stereocenters. The highest BCUT2D eigenvalue weighted by atomic mass is 16.5. The minimum absolute atomic E-state index is 0.131. The summed E-state index contributed by atoms with van der Waals surface area (Å²) in [4.78, 5) is 14.2. The predicted molar refractivity (Wildman–Crippen MR) is 93.9 cm³/mol. The molecule has 3 aliphatic rings. The van der Waals surface area contributed by atoms with Crippen LogP contribution < -0.4 is 4.74 Å². The van der Waals surface area contributed by atoms with Gasteiger partial charge >= 0.3 is 5.97 Å². The van der Waals surface area contributed by atoms with E-state index in [1.807, 2.05) is 0 Å². The van der Waals surface area contributed by atoms with Gasteiger partial charge < -0.3 is 14.6 Å². The Balaban J connectivity index is 1.56. The fraction of sp³-hybridized carbons (Fsp3) is 0.650. The zero-order valence-corrected chi connectivity index (χ0v) is 14.9. The Hall–Kier alpha value is -1.59. The van der Waals surface area contributed by atoms with Crippen molar-refractivity contribution in [2.75, 3.05) is 33.4 Å². The van der Waals surface area contributed by atoms with E-state index in [0.29, 0.717) is 19.8 Å². The fourth-order valence-electron chi connectivity index (χ4n) is 5.02. The van der Waals surface area contributed by atoms with Gasteiger partial charge in [0.05, 0.1) is 13.0 Å². The predicted octanol–water partition coefficient (Wildman–Crippen LogP) is 2.50. The van der Waals surface area contributed by atoms with Crippen molar-refractivity contribution >= 4 is 5.97 Å². The van der Waals surface area contributed by atoms with Crippen LogP contribution in [0.3, 0.4) is 0 Å². The number of carboxylic acid groups (broad SMARTS) is 1. The first-order valence-electron chi connectivity index (χ1n) is 9.33. The van der Waals surface area contributed by atoms with Gasteiger partial charge in [0, 0.05) is 43.8 Å². The molecule has 1 aliphatic carbocycles. The van der Waals surface area contributed by atoms with Crippen molar-refractivity contribution in [3.8, 4) is 5.75 Å². The first kappa shape index (κ1) is 16.9. The van der Waals surface area contributed by atoms with Crippen LogP contribution in [-0.4, -0.2) is 49.4 Å². The van der Waals surface area contributed by atoms with E-state index < -0.39 is 5.97 Å². The molecular formula is C20H27NO4. The van der Waals surface area contributed by atoms with Gasteiger partial charge in [0.2, 0.25) is 0 Å². The summed E-state index contributed by atoms with van der Waals surface area (Å²) in [5, 5.41) is 9.75. The number of likely N-dealkylation sites (tertiary alicyclic amines) is 1. The maximum absolute atomic E-state index is 11.9. The summed E-state index contributed by atoms with van der Waals surface area (Å²) in [7, 11) is 1.73. The van der Waals surface area contributed by atoms with Crippen LogP contribution in [0.2, 0.25) is 0 Å². The highest BCUT2D eigenvalue weighted by Gasteiger charge is 2.50. The number of rotatable bonds is 4. The highest BCUT2D eigenvalue weighted by molar-refractivity contribution is 5.72. The van der Waals surface area contributed by atoms with Crippen LogP contribution in [0.5, 0.6) is 5.75 Å². The van der Waals surface area contributed by atoms with Crippen LogP contribution in [0.15, 0.2) is 12.1 Å². The standard InChI is InChI=1S/C20H27NO4/c1-24-18-10-15-4-2-3-14(15)9-16(18)11-21-12-17(19(22)23)20(13-21)5-7-25-8-6-20/h9-10,17H,2-8,11-13H2,1H3,(H,22,23). The average molecular weight is 345 g/mol. The van der Waals surface area contributed by atoms with Crippen molar-refractivity contribution in [1.82, 2.24) is 4.90 Å². The van der Waals surface area contributed by atoms with Crippen molar-refractivity contribution in [2.24, 2.45) is 11.3 Å². The number of nitrogens with zero attached hydrogens (tertiary/aromatic N) is 1. The molecular weight excluding hydrogens is 318 g/mol. The number of aliphatic carboxylic acids is 1. The van der Waals surface area contributed by atoms with Gasteiger partial charge in [-0.05, 0) is 49.3 Å². The Morgan fingerprint density at radius 3 is 2.72 bits per heavy atom. The lowest BCUT2D eigenvalue weighted by Gasteiger charge is -2.36. The first-order chi connectivity index (χ1) is 12.1. The van der Waals surface area contributed by atoms with E-state index in [1.165, 1.54) is 23.1 Å². The number of benzene rings is 1. The van der Waals surface area contributed by atoms with Crippen molar-refractivity contribution in [1.29, 1.82) is 0 Å². The summed E-state index contributed by atoms with van der Waals surface area (Å²) in [5.41, 5.74) is 3.90. The second kappa shape index (κ2) is 6.61. The number of methoxy groups -OCH3 is 1. The van der Waals surface area contributed by atoms with Crippen LogP contribution in [-0.2, 0) is 28.9 Å². The van der Waals surface area contributed by atoms with Crippen molar-refractivity contribution in [2.45, 2.75) is 38.6 Å². The molecule has 0 amide bonds. The van der Waals surface area contributed by atoms with Gasteiger partial charge in [-0.1, -0.05) is 6.07 Å². The van der Waals surface area contributed by atoms with E-state index in [1.54, 1.807) is 7.11 Å². The van der Waals surface area contributed by atoms with Gasteiger partial charge in [0.25, 0.3) is 0 Å². The first-order valence-corrected chi connectivity index (χ1v) is 9.33. The Bertz CT molecular complexity index is 666. The van der Waals surface area contributed by atoms with Gasteiger partial charge in [-0.3, -0.25) is 9.69 Å². The maximum atomic E-state index is 11.9. The molecule has 25 heavy (non-hydrogen) atoms. The normalized spacial score (nSPS) is 25.2. The van der Waals surface area contributed by atoms with Crippen LogP contribution in [0, 0.1) is 11.3 Å². The molecule has 1 atom stereocenters. The minimum Gasteiger partial charge on any atom is -0.496 e. The Morgan fingerprint density at radius 2 is 2.04 bits per heavy atom. The second-order valence-corrected chi connectivity index (χ2v) is 7.82. The molecule has 136 valence electrons. The molecule has 1 aromatic rings. The molecule has 5 heteroatoms. The molecule has 4 rings (SSSR count). The Morgan fingerprint density at radius 1 is 1.32 bits per heavy atom. The lowest BCUT2D eigenvalue weighted by Crippen LogP contribution is -2.40. The molecule has 2 heterocycles. The van der Waals surface area contributed by atoms with Gasteiger partial charge in [-0.2, -0.15) is 0 Å².